The first-order valence-electron chi connectivity index (χ1n) is 8.78. The van der Waals surface area contributed by atoms with Gasteiger partial charge in [-0.3, -0.25) is 4.99 Å². The van der Waals surface area contributed by atoms with Crippen LogP contribution in [0.4, 0.5) is 0 Å². The average Bonchev–Trinajstić information content (AvgIpc) is 3.03. The van der Waals surface area contributed by atoms with Crippen molar-refractivity contribution in [2.75, 3.05) is 20.1 Å². The maximum absolute atomic E-state index is 4.46. The number of hydrogen-bond acceptors (Lipinski definition) is 2. The van der Waals surface area contributed by atoms with Crippen molar-refractivity contribution in [3.63, 3.8) is 0 Å². The molecule has 0 spiro atoms. The Morgan fingerprint density at radius 1 is 1.25 bits per heavy atom. The molecule has 3 rings (SSSR count). The maximum atomic E-state index is 4.46. The maximum Gasteiger partial charge on any atom is 0.193 e. The molecule has 128 valence electrons. The summed E-state index contributed by atoms with van der Waals surface area (Å²) in [4.78, 5) is 11.1. The average molecular weight is 325 g/mol. The van der Waals surface area contributed by atoms with E-state index in [1.165, 1.54) is 11.1 Å². The highest BCUT2D eigenvalue weighted by molar-refractivity contribution is 5.80. The van der Waals surface area contributed by atoms with Gasteiger partial charge < -0.3 is 14.8 Å². The van der Waals surface area contributed by atoms with E-state index in [9.17, 15) is 0 Å². The van der Waals surface area contributed by atoms with E-state index >= 15 is 0 Å². The second-order valence-corrected chi connectivity index (χ2v) is 6.29. The van der Waals surface area contributed by atoms with Crippen LogP contribution in [0.25, 0.3) is 0 Å². The number of imidazole rings is 1. The van der Waals surface area contributed by atoms with E-state index in [4.69, 9.17) is 0 Å². The molecule has 2 heterocycles. The summed E-state index contributed by atoms with van der Waals surface area (Å²) in [5.41, 5.74) is 2.89. The van der Waals surface area contributed by atoms with Crippen molar-refractivity contribution in [1.29, 1.82) is 0 Å². The molecular formula is C19H27N5. The molecular weight excluding hydrogens is 298 g/mol. The Hall–Kier alpha value is -2.30. The van der Waals surface area contributed by atoms with Gasteiger partial charge in [0.1, 0.15) is 5.82 Å². The normalized spacial score (nSPS) is 14.6. The zero-order chi connectivity index (χ0) is 16.8. The lowest BCUT2D eigenvalue weighted by Crippen LogP contribution is -2.44. The Morgan fingerprint density at radius 2 is 2.08 bits per heavy atom. The van der Waals surface area contributed by atoms with Crippen LogP contribution in [0.1, 0.15) is 29.8 Å². The first kappa shape index (κ1) is 16.6. The molecule has 0 fully saturated rings. The van der Waals surface area contributed by atoms with Gasteiger partial charge in [0.2, 0.25) is 0 Å². The highest BCUT2D eigenvalue weighted by Gasteiger charge is 2.18. The van der Waals surface area contributed by atoms with Gasteiger partial charge in [0.25, 0.3) is 0 Å². The fourth-order valence-electron chi connectivity index (χ4n) is 3.26. The Labute approximate surface area is 144 Å². The molecule has 1 aliphatic heterocycles. The molecule has 5 heteroatoms. The van der Waals surface area contributed by atoms with Crippen LogP contribution >= 0.6 is 0 Å². The van der Waals surface area contributed by atoms with Crippen LogP contribution in [-0.2, 0) is 19.5 Å². The molecule has 1 aromatic heterocycles. The summed E-state index contributed by atoms with van der Waals surface area (Å²) in [6.07, 6.45) is 7.28. The van der Waals surface area contributed by atoms with Crippen LogP contribution in [0.5, 0.6) is 0 Å². The van der Waals surface area contributed by atoms with Gasteiger partial charge >= 0.3 is 0 Å². The molecule has 0 bridgehead atoms. The minimum atomic E-state index is 0.948. The lowest BCUT2D eigenvalue weighted by molar-refractivity contribution is 0.378. The number of guanidine groups is 1. The quantitative estimate of drug-likeness (QED) is 0.522. The van der Waals surface area contributed by atoms with Gasteiger partial charge in [-0.2, -0.15) is 0 Å². The third-order valence-electron chi connectivity index (χ3n) is 4.67. The van der Waals surface area contributed by atoms with E-state index in [1.807, 2.05) is 26.4 Å². The number of benzene rings is 1. The van der Waals surface area contributed by atoms with Gasteiger partial charge in [0, 0.05) is 45.6 Å². The van der Waals surface area contributed by atoms with Crippen molar-refractivity contribution in [2.45, 2.75) is 39.3 Å². The number of unbranched alkanes of at least 4 members (excludes halogenated alkanes) is 1. The fourth-order valence-corrected chi connectivity index (χ4v) is 3.26. The SMILES string of the molecule is CN=C(NCCCCn1ccnc1C)N1CCc2ccccc2C1. The van der Waals surface area contributed by atoms with E-state index in [0.29, 0.717) is 0 Å². The molecule has 0 radical (unpaired) electrons. The number of aryl methyl sites for hydroxylation is 2. The van der Waals surface area contributed by atoms with Crippen LogP contribution in [0.15, 0.2) is 41.7 Å². The van der Waals surface area contributed by atoms with Gasteiger partial charge in [0.15, 0.2) is 5.96 Å². The van der Waals surface area contributed by atoms with E-state index in [-0.39, 0.29) is 0 Å². The first-order valence-corrected chi connectivity index (χ1v) is 8.78. The predicted octanol–water partition coefficient (Wildman–Crippen LogP) is 2.61. The van der Waals surface area contributed by atoms with Crippen LogP contribution in [0.2, 0.25) is 0 Å². The third kappa shape index (κ3) is 3.96. The van der Waals surface area contributed by atoms with Crippen LogP contribution in [0.3, 0.4) is 0 Å². The zero-order valence-corrected chi connectivity index (χ0v) is 14.7. The van der Waals surface area contributed by atoms with Crippen molar-refractivity contribution < 1.29 is 0 Å². The molecule has 0 saturated heterocycles. The predicted molar refractivity (Wildman–Crippen MR) is 98.1 cm³/mol. The van der Waals surface area contributed by atoms with Crippen molar-refractivity contribution in [3.8, 4) is 0 Å². The highest BCUT2D eigenvalue weighted by Crippen LogP contribution is 2.18. The number of aliphatic imine (C=N–C) groups is 1. The molecule has 0 saturated carbocycles. The molecule has 0 unspecified atom stereocenters. The summed E-state index contributed by atoms with van der Waals surface area (Å²) >= 11 is 0. The first-order chi connectivity index (χ1) is 11.8. The number of hydrogen-bond donors (Lipinski definition) is 1. The standard InChI is InChI=1S/C19H27N5/c1-16-21-11-14-23(16)12-6-5-10-22-19(20-2)24-13-9-17-7-3-4-8-18(17)15-24/h3-4,7-8,11,14H,5-6,9-10,12-13,15H2,1-2H3,(H,20,22). The summed E-state index contributed by atoms with van der Waals surface area (Å²) < 4.78 is 2.20. The third-order valence-corrected chi connectivity index (χ3v) is 4.67. The van der Waals surface area contributed by atoms with Crippen molar-refractivity contribution in [3.05, 3.63) is 53.6 Å². The minimum Gasteiger partial charge on any atom is -0.356 e. The van der Waals surface area contributed by atoms with Crippen molar-refractivity contribution in [2.24, 2.45) is 4.99 Å². The molecule has 5 nitrogen and oxygen atoms in total. The number of aromatic nitrogens is 2. The Morgan fingerprint density at radius 3 is 2.83 bits per heavy atom. The smallest absolute Gasteiger partial charge is 0.193 e. The van der Waals surface area contributed by atoms with Crippen LogP contribution in [0, 0.1) is 6.92 Å². The van der Waals surface area contributed by atoms with Gasteiger partial charge in [0.05, 0.1) is 0 Å². The Bertz CT molecular complexity index is 689. The van der Waals surface area contributed by atoms with Gasteiger partial charge in [-0.05, 0) is 37.3 Å². The van der Waals surface area contributed by atoms with Crippen LogP contribution in [-0.4, -0.2) is 40.5 Å². The van der Waals surface area contributed by atoms with E-state index in [0.717, 1.165) is 57.2 Å². The largest absolute Gasteiger partial charge is 0.356 e. The van der Waals surface area contributed by atoms with E-state index < -0.39 is 0 Å². The molecule has 1 N–H and O–H groups in total. The molecule has 0 atom stereocenters. The van der Waals surface area contributed by atoms with Gasteiger partial charge in [-0.1, -0.05) is 24.3 Å². The second-order valence-electron chi connectivity index (χ2n) is 6.29. The fraction of sp³-hybridized carbons (Fsp3) is 0.474. The summed E-state index contributed by atoms with van der Waals surface area (Å²) in [7, 11) is 1.87. The topological polar surface area (TPSA) is 45.5 Å². The number of fused-ring (bicyclic) bond motifs is 1. The molecule has 24 heavy (non-hydrogen) atoms. The number of nitrogens with zero attached hydrogens (tertiary/aromatic N) is 4. The minimum absolute atomic E-state index is 0.948. The van der Waals surface area contributed by atoms with Crippen molar-refractivity contribution >= 4 is 5.96 Å². The summed E-state index contributed by atoms with van der Waals surface area (Å²) in [6, 6.07) is 8.71. The van der Waals surface area contributed by atoms with Crippen molar-refractivity contribution in [1.82, 2.24) is 19.8 Å². The molecule has 1 aliphatic rings. The molecule has 2 aromatic rings. The van der Waals surface area contributed by atoms with Gasteiger partial charge in [-0.15, -0.1) is 0 Å². The van der Waals surface area contributed by atoms with E-state index in [1.54, 1.807) is 0 Å². The second kappa shape index (κ2) is 7.99. The molecule has 0 amide bonds. The highest BCUT2D eigenvalue weighted by atomic mass is 15.3. The summed E-state index contributed by atoms with van der Waals surface area (Å²) in [5, 5.41) is 3.52. The molecule has 1 aromatic carbocycles. The molecule has 0 aliphatic carbocycles. The van der Waals surface area contributed by atoms with Crippen LogP contribution < -0.4 is 5.32 Å². The Kier molecular flexibility index (Phi) is 5.51. The number of rotatable bonds is 5. The lowest BCUT2D eigenvalue weighted by atomic mass is 10.0. The van der Waals surface area contributed by atoms with Gasteiger partial charge in [-0.25, -0.2) is 4.98 Å². The lowest BCUT2D eigenvalue weighted by Gasteiger charge is -2.31. The monoisotopic (exact) mass is 325 g/mol. The summed E-state index contributed by atoms with van der Waals surface area (Å²) in [5.74, 6) is 2.11. The number of nitrogens with one attached hydrogen (secondary N) is 1. The Balaban J connectivity index is 1.43. The van der Waals surface area contributed by atoms with E-state index in [2.05, 4.69) is 49.0 Å². The summed E-state index contributed by atoms with van der Waals surface area (Å²) in [6.45, 7) is 6.02. The zero-order valence-electron chi connectivity index (χ0n) is 14.7.